The average molecular weight is 671 g/mol. The van der Waals surface area contributed by atoms with Crippen molar-refractivity contribution in [2.75, 3.05) is 4.90 Å². The molecule has 0 saturated heterocycles. The third kappa shape index (κ3) is 4.55. The van der Waals surface area contributed by atoms with E-state index in [-0.39, 0.29) is 10.8 Å². The number of fused-ring (bicyclic) bond motifs is 7. The van der Waals surface area contributed by atoms with E-state index in [4.69, 9.17) is 9.40 Å². The number of nitrogens with zero attached hydrogens (tertiary/aromatic N) is 2. The van der Waals surface area contributed by atoms with Gasteiger partial charge in [0.2, 0.25) is 5.89 Å². The Morgan fingerprint density at radius 3 is 1.48 bits per heavy atom. The number of benzene rings is 7. The molecule has 250 valence electrons. The van der Waals surface area contributed by atoms with Crippen molar-refractivity contribution in [2.24, 2.45) is 0 Å². The van der Waals surface area contributed by atoms with Crippen LogP contribution in [0.25, 0.3) is 55.9 Å². The van der Waals surface area contributed by atoms with Gasteiger partial charge >= 0.3 is 0 Å². The van der Waals surface area contributed by atoms with Gasteiger partial charge in [0.1, 0.15) is 5.52 Å². The second kappa shape index (κ2) is 11.2. The van der Waals surface area contributed by atoms with Gasteiger partial charge in [0.05, 0.1) is 0 Å². The fraction of sp³-hybridized carbons (Fsp3) is 0.122. The summed E-state index contributed by atoms with van der Waals surface area (Å²) in [7, 11) is 0. The molecule has 3 nitrogen and oxygen atoms in total. The highest BCUT2D eigenvalue weighted by molar-refractivity contribution is 5.90. The molecule has 0 atom stereocenters. The van der Waals surface area contributed by atoms with Crippen LogP contribution in [0.15, 0.2) is 162 Å². The molecular weight excluding hydrogens is 633 g/mol. The molecule has 0 fully saturated rings. The lowest BCUT2D eigenvalue weighted by atomic mass is 9.82. The summed E-state index contributed by atoms with van der Waals surface area (Å²) in [4.78, 5) is 7.43. The van der Waals surface area contributed by atoms with E-state index in [1.54, 1.807) is 0 Å². The topological polar surface area (TPSA) is 29.3 Å². The van der Waals surface area contributed by atoms with Crippen LogP contribution < -0.4 is 4.90 Å². The molecule has 7 aromatic carbocycles. The molecule has 1 aromatic heterocycles. The number of aromatic nitrogens is 1. The Hall–Kier alpha value is -6.19. The third-order valence-electron chi connectivity index (χ3n) is 11.5. The van der Waals surface area contributed by atoms with Gasteiger partial charge < -0.3 is 9.32 Å². The van der Waals surface area contributed by atoms with E-state index in [0.717, 1.165) is 33.7 Å². The monoisotopic (exact) mass is 670 g/mol. The molecule has 0 aliphatic heterocycles. The second-order valence-electron chi connectivity index (χ2n) is 15.3. The molecule has 8 aromatic rings. The Labute approximate surface area is 304 Å². The van der Waals surface area contributed by atoms with E-state index in [9.17, 15) is 0 Å². The van der Waals surface area contributed by atoms with Crippen LogP contribution in [0.2, 0.25) is 0 Å². The SMILES string of the molecule is CC1(C)c2ccccc2-c2ccc(N(c3ccc4c(c3)C(C)(C)c3ccccc3-4)c3ccc4oc(-c5ccc(-c6ccccc6)cc5)nc4c3)cc21. The molecule has 3 heteroatoms. The minimum Gasteiger partial charge on any atom is -0.436 e. The number of oxazole rings is 1. The highest BCUT2D eigenvalue weighted by Crippen LogP contribution is 2.53. The minimum absolute atomic E-state index is 0.115. The van der Waals surface area contributed by atoms with Crippen molar-refractivity contribution >= 4 is 28.2 Å². The summed E-state index contributed by atoms with van der Waals surface area (Å²) in [5.74, 6) is 0.618. The van der Waals surface area contributed by atoms with Crippen LogP contribution in [0.1, 0.15) is 49.9 Å². The summed E-state index contributed by atoms with van der Waals surface area (Å²) < 4.78 is 6.36. The lowest BCUT2D eigenvalue weighted by Crippen LogP contribution is -2.18. The largest absolute Gasteiger partial charge is 0.436 e. The van der Waals surface area contributed by atoms with Crippen LogP contribution in [-0.4, -0.2) is 4.98 Å². The molecule has 1 heterocycles. The van der Waals surface area contributed by atoms with Crippen LogP contribution in [0.3, 0.4) is 0 Å². The normalized spacial score (nSPS) is 14.5. The summed E-state index contributed by atoms with van der Waals surface area (Å²) >= 11 is 0. The first kappa shape index (κ1) is 30.6. The quantitative estimate of drug-likeness (QED) is 0.182. The maximum absolute atomic E-state index is 6.36. The van der Waals surface area contributed by atoms with E-state index >= 15 is 0 Å². The first-order chi connectivity index (χ1) is 25.3. The molecular formula is C49H38N2O. The molecule has 0 saturated carbocycles. The second-order valence-corrected chi connectivity index (χ2v) is 15.3. The van der Waals surface area contributed by atoms with Gasteiger partial charge in [-0.15, -0.1) is 0 Å². The first-order valence-corrected chi connectivity index (χ1v) is 18.1. The Morgan fingerprint density at radius 2 is 0.885 bits per heavy atom. The molecule has 0 radical (unpaired) electrons. The fourth-order valence-corrected chi connectivity index (χ4v) is 8.72. The van der Waals surface area contributed by atoms with Crippen molar-refractivity contribution < 1.29 is 4.42 Å². The molecule has 0 amide bonds. The molecule has 0 N–H and O–H groups in total. The Bertz CT molecular complexity index is 2570. The van der Waals surface area contributed by atoms with E-state index in [1.165, 1.54) is 55.6 Å². The molecule has 2 aliphatic rings. The van der Waals surface area contributed by atoms with Gasteiger partial charge in [-0.25, -0.2) is 4.98 Å². The van der Waals surface area contributed by atoms with E-state index in [1.807, 2.05) is 6.07 Å². The highest BCUT2D eigenvalue weighted by atomic mass is 16.3. The molecule has 52 heavy (non-hydrogen) atoms. The molecule has 2 aliphatic carbocycles. The number of hydrogen-bond donors (Lipinski definition) is 0. The van der Waals surface area contributed by atoms with Gasteiger partial charge in [-0.2, -0.15) is 0 Å². The predicted molar refractivity (Wildman–Crippen MR) is 215 cm³/mol. The van der Waals surface area contributed by atoms with Crippen molar-refractivity contribution in [2.45, 2.75) is 38.5 Å². The maximum atomic E-state index is 6.36. The number of hydrogen-bond acceptors (Lipinski definition) is 3. The molecule has 0 spiro atoms. The zero-order valence-corrected chi connectivity index (χ0v) is 29.8. The molecule has 0 bridgehead atoms. The van der Waals surface area contributed by atoms with Gasteiger partial charge in [0.25, 0.3) is 0 Å². The Kier molecular flexibility index (Phi) is 6.57. The smallest absolute Gasteiger partial charge is 0.227 e. The average Bonchev–Trinajstić information content (AvgIpc) is 3.78. The standard InChI is InChI=1S/C49H38N2O/c1-48(2)41-16-10-8-14-37(41)39-25-22-34(28-43(39)48)51(35-23-26-40-38-15-9-11-17-42(38)49(3,4)44(40)29-35)36-24-27-46-45(30-36)50-47(52-46)33-20-18-32(19-21-33)31-12-6-5-7-13-31/h5-30H,1-4H3. The zero-order chi connectivity index (χ0) is 35.2. The van der Waals surface area contributed by atoms with Crippen molar-refractivity contribution in [3.05, 3.63) is 180 Å². The predicted octanol–water partition coefficient (Wildman–Crippen LogP) is 13.2. The molecule has 10 rings (SSSR count). The van der Waals surface area contributed by atoms with Gasteiger partial charge in [0.15, 0.2) is 5.58 Å². The van der Waals surface area contributed by atoms with Crippen molar-refractivity contribution in [3.63, 3.8) is 0 Å². The zero-order valence-electron chi connectivity index (χ0n) is 29.8. The first-order valence-electron chi connectivity index (χ1n) is 18.1. The fourth-order valence-electron chi connectivity index (χ4n) is 8.72. The van der Waals surface area contributed by atoms with Gasteiger partial charge in [-0.1, -0.05) is 131 Å². The number of rotatable bonds is 5. The van der Waals surface area contributed by atoms with Crippen molar-refractivity contribution in [3.8, 4) is 44.8 Å². The lowest BCUT2D eigenvalue weighted by Gasteiger charge is -2.29. The van der Waals surface area contributed by atoms with Crippen LogP contribution >= 0.6 is 0 Å². The Morgan fingerprint density at radius 1 is 0.423 bits per heavy atom. The number of anilines is 3. The summed E-state index contributed by atoms with van der Waals surface area (Å²) in [6.07, 6.45) is 0. The van der Waals surface area contributed by atoms with E-state index in [0.29, 0.717) is 5.89 Å². The lowest BCUT2D eigenvalue weighted by molar-refractivity contribution is 0.620. The highest BCUT2D eigenvalue weighted by Gasteiger charge is 2.37. The third-order valence-corrected chi connectivity index (χ3v) is 11.5. The van der Waals surface area contributed by atoms with Gasteiger partial charge in [-0.05, 0) is 110 Å². The maximum Gasteiger partial charge on any atom is 0.227 e. The molecule has 0 unspecified atom stereocenters. The summed E-state index contributed by atoms with van der Waals surface area (Å²) in [6.45, 7) is 9.37. The van der Waals surface area contributed by atoms with Crippen LogP contribution in [-0.2, 0) is 10.8 Å². The summed E-state index contributed by atoms with van der Waals surface area (Å²) in [5.41, 5.74) is 18.6. The van der Waals surface area contributed by atoms with E-state index in [2.05, 4.69) is 184 Å². The summed E-state index contributed by atoms with van der Waals surface area (Å²) in [5, 5.41) is 0. The van der Waals surface area contributed by atoms with E-state index < -0.39 is 0 Å². The van der Waals surface area contributed by atoms with Gasteiger partial charge in [-0.3, -0.25) is 0 Å². The van der Waals surface area contributed by atoms with Crippen LogP contribution in [0.4, 0.5) is 17.1 Å². The van der Waals surface area contributed by atoms with Gasteiger partial charge in [0, 0.05) is 33.5 Å². The van der Waals surface area contributed by atoms with Crippen LogP contribution in [0.5, 0.6) is 0 Å². The summed E-state index contributed by atoms with van der Waals surface area (Å²) in [6, 6.07) is 56.9. The Balaban J connectivity index is 1.10. The minimum atomic E-state index is -0.115. The van der Waals surface area contributed by atoms with Crippen molar-refractivity contribution in [1.29, 1.82) is 0 Å². The van der Waals surface area contributed by atoms with Crippen LogP contribution in [0, 0.1) is 0 Å². The van der Waals surface area contributed by atoms with Crippen molar-refractivity contribution in [1.82, 2.24) is 4.98 Å².